The number of anilines is 2. The lowest BCUT2D eigenvalue weighted by molar-refractivity contribution is 0.102. The molecule has 8 heteroatoms. The van der Waals surface area contributed by atoms with Crippen LogP contribution >= 0.6 is 0 Å². The van der Waals surface area contributed by atoms with Gasteiger partial charge in [-0.05, 0) is 63.7 Å². The van der Waals surface area contributed by atoms with Gasteiger partial charge in [-0.2, -0.15) is 0 Å². The fraction of sp³-hybridized carbons (Fsp3) is 0.400. The van der Waals surface area contributed by atoms with Crippen LogP contribution in [0.1, 0.15) is 34.5 Å². The molecule has 0 spiro atoms. The maximum Gasteiger partial charge on any atom is 0.257 e. The number of aliphatic hydroxyl groups is 1. The summed E-state index contributed by atoms with van der Waals surface area (Å²) in [7, 11) is 4.11. The third kappa shape index (κ3) is 5.07. The van der Waals surface area contributed by atoms with Gasteiger partial charge in [0.1, 0.15) is 0 Å². The molecule has 1 saturated heterocycles. The molecule has 1 atom stereocenters. The number of fused-ring (bicyclic) bond motifs is 1. The quantitative estimate of drug-likeness (QED) is 0.512. The minimum absolute atomic E-state index is 0.0253. The summed E-state index contributed by atoms with van der Waals surface area (Å²) in [5.41, 5.74) is 4.14. The van der Waals surface area contributed by atoms with Gasteiger partial charge in [-0.3, -0.25) is 14.6 Å². The number of hydrogen-bond acceptors (Lipinski definition) is 6. The van der Waals surface area contributed by atoms with Gasteiger partial charge in [-0.1, -0.05) is 0 Å². The average molecular weight is 450 g/mol. The first kappa shape index (κ1) is 22.9. The largest absolute Gasteiger partial charge is 0.396 e. The van der Waals surface area contributed by atoms with E-state index in [1.54, 1.807) is 30.5 Å². The van der Waals surface area contributed by atoms with Crippen molar-refractivity contribution in [2.75, 3.05) is 44.0 Å². The van der Waals surface area contributed by atoms with Gasteiger partial charge < -0.3 is 25.2 Å². The maximum absolute atomic E-state index is 13.5. The zero-order valence-corrected chi connectivity index (χ0v) is 19.4. The molecule has 1 fully saturated rings. The molecule has 3 aromatic rings. The number of carbonyl (C=O) groups excluding carboxylic acids is 1. The van der Waals surface area contributed by atoms with Crippen LogP contribution in [-0.4, -0.2) is 65.7 Å². The molecule has 1 unspecified atom stereocenters. The van der Waals surface area contributed by atoms with E-state index in [-0.39, 0.29) is 18.1 Å². The van der Waals surface area contributed by atoms with Gasteiger partial charge in [0.05, 0.1) is 17.4 Å². The number of likely N-dealkylation sites (N-methyl/N-ethyl adjacent to an activating group) is 1. The maximum atomic E-state index is 13.5. The van der Waals surface area contributed by atoms with Crippen LogP contribution in [0.5, 0.6) is 0 Å². The number of nitrogens with zero attached hydrogens (tertiary/aromatic N) is 3. The number of rotatable bonds is 7. The number of H-pyrrole nitrogens is 1. The normalized spacial score (nSPS) is 16.0. The number of pyridine rings is 2. The summed E-state index contributed by atoms with van der Waals surface area (Å²) < 4.78 is 0. The molecule has 4 rings (SSSR count). The zero-order chi connectivity index (χ0) is 23.5. The van der Waals surface area contributed by atoms with E-state index in [9.17, 15) is 14.7 Å². The summed E-state index contributed by atoms with van der Waals surface area (Å²) in [6.07, 6.45) is 4.30. The fourth-order valence-corrected chi connectivity index (χ4v) is 4.62. The van der Waals surface area contributed by atoms with E-state index in [4.69, 9.17) is 0 Å². The smallest absolute Gasteiger partial charge is 0.257 e. The second-order valence-electron chi connectivity index (χ2n) is 8.95. The van der Waals surface area contributed by atoms with Crippen LogP contribution in [0.3, 0.4) is 0 Å². The molecule has 1 amide bonds. The minimum Gasteiger partial charge on any atom is -0.396 e. The molecule has 2 aromatic heterocycles. The van der Waals surface area contributed by atoms with Crippen molar-refractivity contribution in [2.45, 2.75) is 32.2 Å². The first-order chi connectivity index (χ1) is 15.9. The lowest BCUT2D eigenvalue weighted by Crippen LogP contribution is -2.38. The first-order valence-electron chi connectivity index (χ1n) is 11.3. The van der Waals surface area contributed by atoms with Crippen molar-refractivity contribution in [2.24, 2.45) is 0 Å². The molecule has 0 saturated carbocycles. The Labute approximate surface area is 193 Å². The van der Waals surface area contributed by atoms with Crippen LogP contribution in [0.4, 0.5) is 11.4 Å². The van der Waals surface area contributed by atoms with Crippen molar-refractivity contribution in [3.05, 3.63) is 63.7 Å². The number of amides is 1. The summed E-state index contributed by atoms with van der Waals surface area (Å²) in [6, 6.07) is 9.12. The molecule has 174 valence electrons. The number of carbonyl (C=O) groups is 1. The van der Waals surface area contributed by atoms with Crippen molar-refractivity contribution in [3.8, 4) is 0 Å². The standard InChI is InChI=1S/C25H31N5O3/c1-16-11-24(32)28-22-7-6-18(13-20(16)22)27-25(33)21-12-17(8-10-31)26-14-23(21)30-9-4-5-19(30)15-29(2)3/h6-7,11-14,19,31H,4-5,8-10,15H2,1-3H3,(H,27,33)(H,28,32). The van der Waals surface area contributed by atoms with Crippen molar-refractivity contribution < 1.29 is 9.90 Å². The van der Waals surface area contributed by atoms with Gasteiger partial charge in [0.2, 0.25) is 5.56 Å². The molecule has 3 heterocycles. The molecule has 8 nitrogen and oxygen atoms in total. The SMILES string of the molecule is Cc1cc(=O)[nH]c2ccc(NC(=O)c3cc(CCO)ncc3N3CCCC3CN(C)C)cc12. The van der Waals surface area contributed by atoms with E-state index >= 15 is 0 Å². The molecule has 1 aromatic carbocycles. The van der Waals surface area contributed by atoms with Crippen LogP contribution in [0.25, 0.3) is 10.9 Å². The highest BCUT2D eigenvalue weighted by Gasteiger charge is 2.29. The van der Waals surface area contributed by atoms with Crippen LogP contribution in [0.2, 0.25) is 0 Å². The van der Waals surface area contributed by atoms with Gasteiger partial charge in [-0.15, -0.1) is 0 Å². The second kappa shape index (κ2) is 9.72. The van der Waals surface area contributed by atoms with Crippen molar-refractivity contribution in [1.82, 2.24) is 14.9 Å². The highest BCUT2D eigenvalue weighted by Crippen LogP contribution is 2.30. The molecule has 1 aliphatic rings. The average Bonchev–Trinajstić information content (AvgIpc) is 3.21. The Morgan fingerprint density at radius 2 is 2.12 bits per heavy atom. The lowest BCUT2D eigenvalue weighted by Gasteiger charge is -2.30. The fourth-order valence-electron chi connectivity index (χ4n) is 4.62. The molecule has 0 bridgehead atoms. The molecule has 33 heavy (non-hydrogen) atoms. The molecule has 3 N–H and O–H groups in total. The Kier molecular flexibility index (Phi) is 6.76. The molecule has 0 radical (unpaired) electrons. The van der Waals surface area contributed by atoms with E-state index in [0.717, 1.165) is 48.1 Å². The summed E-state index contributed by atoms with van der Waals surface area (Å²) in [5, 5.41) is 13.3. The number of aliphatic hydroxyl groups excluding tert-OH is 1. The highest BCUT2D eigenvalue weighted by molar-refractivity contribution is 6.09. The topological polar surface area (TPSA) is 102 Å². The minimum atomic E-state index is -0.219. The number of aryl methyl sites for hydroxylation is 1. The van der Waals surface area contributed by atoms with Crippen molar-refractivity contribution >= 4 is 28.2 Å². The number of aromatic nitrogens is 2. The Hall–Kier alpha value is -3.23. The van der Waals surface area contributed by atoms with Gasteiger partial charge in [-0.25, -0.2) is 0 Å². The monoisotopic (exact) mass is 449 g/mol. The Balaban J connectivity index is 1.68. The number of aromatic amines is 1. The number of nitrogens with one attached hydrogen (secondary N) is 2. The first-order valence-corrected chi connectivity index (χ1v) is 11.3. The molecule has 1 aliphatic heterocycles. The number of hydrogen-bond donors (Lipinski definition) is 3. The van der Waals surface area contributed by atoms with Crippen LogP contribution < -0.4 is 15.8 Å². The summed E-state index contributed by atoms with van der Waals surface area (Å²) in [4.78, 5) is 37.0. The highest BCUT2D eigenvalue weighted by atomic mass is 16.3. The molecular weight excluding hydrogens is 418 g/mol. The van der Waals surface area contributed by atoms with E-state index in [1.807, 2.05) is 13.0 Å². The third-order valence-electron chi connectivity index (χ3n) is 6.12. The summed E-state index contributed by atoms with van der Waals surface area (Å²) in [6.45, 7) is 3.63. The van der Waals surface area contributed by atoms with Gasteiger partial charge in [0, 0.05) is 60.5 Å². The van der Waals surface area contributed by atoms with E-state index in [2.05, 4.69) is 39.2 Å². The Bertz CT molecular complexity index is 1220. The summed E-state index contributed by atoms with van der Waals surface area (Å²) >= 11 is 0. The Morgan fingerprint density at radius 3 is 2.88 bits per heavy atom. The van der Waals surface area contributed by atoms with Crippen molar-refractivity contribution in [1.29, 1.82) is 0 Å². The zero-order valence-electron chi connectivity index (χ0n) is 19.4. The van der Waals surface area contributed by atoms with E-state index in [1.165, 1.54) is 0 Å². The van der Waals surface area contributed by atoms with Gasteiger partial charge >= 0.3 is 0 Å². The van der Waals surface area contributed by atoms with Crippen LogP contribution in [-0.2, 0) is 6.42 Å². The van der Waals surface area contributed by atoms with E-state index < -0.39 is 0 Å². The van der Waals surface area contributed by atoms with Crippen LogP contribution in [0.15, 0.2) is 41.3 Å². The van der Waals surface area contributed by atoms with Crippen molar-refractivity contribution in [3.63, 3.8) is 0 Å². The number of benzene rings is 1. The predicted molar refractivity (Wildman–Crippen MR) is 131 cm³/mol. The third-order valence-corrected chi connectivity index (χ3v) is 6.12. The van der Waals surface area contributed by atoms with E-state index in [0.29, 0.717) is 29.4 Å². The van der Waals surface area contributed by atoms with Crippen LogP contribution in [0, 0.1) is 6.92 Å². The van der Waals surface area contributed by atoms with Gasteiger partial charge in [0.15, 0.2) is 0 Å². The van der Waals surface area contributed by atoms with Gasteiger partial charge in [0.25, 0.3) is 5.91 Å². The predicted octanol–water partition coefficient (Wildman–Crippen LogP) is 2.55. The lowest BCUT2D eigenvalue weighted by atomic mass is 10.1. The molecule has 0 aliphatic carbocycles. The Morgan fingerprint density at radius 1 is 1.30 bits per heavy atom. The summed E-state index contributed by atoms with van der Waals surface area (Å²) in [5.74, 6) is -0.219. The second-order valence-corrected chi connectivity index (χ2v) is 8.95. The molecular formula is C25H31N5O3.